The van der Waals surface area contributed by atoms with E-state index in [0.717, 1.165) is 5.46 Å². The van der Waals surface area contributed by atoms with E-state index < -0.39 is 5.82 Å². The van der Waals surface area contributed by atoms with Crippen LogP contribution in [-0.2, 0) is 0 Å². The lowest BCUT2D eigenvalue weighted by Crippen LogP contribution is -2.11. The molecule has 1 aromatic carbocycles. The molecule has 0 aliphatic carbocycles. The predicted octanol–water partition coefficient (Wildman–Crippen LogP) is 1.02. The summed E-state index contributed by atoms with van der Waals surface area (Å²) >= 11 is 0. The summed E-state index contributed by atoms with van der Waals surface area (Å²) in [5.41, 5.74) is 0.892. The van der Waals surface area contributed by atoms with Crippen LogP contribution in [0.15, 0.2) is 18.2 Å². The van der Waals surface area contributed by atoms with Crippen LogP contribution in [0.4, 0.5) is 4.39 Å². The predicted molar refractivity (Wildman–Crippen MR) is 43.0 cm³/mol. The van der Waals surface area contributed by atoms with E-state index in [2.05, 4.69) is 0 Å². The number of rotatable bonds is 2. The molecule has 0 aromatic heterocycles. The summed E-state index contributed by atoms with van der Waals surface area (Å²) in [6, 6.07) is 4.51. The Morgan fingerprint density at radius 3 is 2.73 bits per heavy atom. The number of aldehydes is 1. The Hall–Kier alpha value is -1.12. The van der Waals surface area contributed by atoms with Crippen LogP contribution in [0.1, 0.15) is 10.4 Å². The summed E-state index contributed by atoms with van der Waals surface area (Å²) in [6.45, 7) is 1.81. The Bertz CT molecular complexity index is 273. The van der Waals surface area contributed by atoms with Crippen LogP contribution in [0, 0.1) is 5.82 Å². The molecule has 0 spiro atoms. The highest BCUT2D eigenvalue weighted by molar-refractivity contribution is 6.51. The lowest BCUT2D eigenvalue weighted by Gasteiger charge is -1.96. The average Bonchev–Trinajstić information content (AvgIpc) is 2.04. The molecule has 0 bridgehead atoms. The third-order valence-corrected chi connectivity index (χ3v) is 1.48. The van der Waals surface area contributed by atoms with Crippen LogP contribution in [0.2, 0.25) is 6.82 Å². The van der Waals surface area contributed by atoms with Gasteiger partial charge in [-0.05, 0) is 12.1 Å². The third-order valence-electron chi connectivity index (χ3n) is 1.48. The SMILES string of the molecule is C[B]c1ccc(C=O)c(F)c1. The lowest BCUT2D eigenvalue weighted by molar-refractivity contribution is 0.112. The van der Waals surface area contributed by atoms with E-state index in [9.17, 15) is 9.18 Å². The van der Waals surface area contributed by atoms with Gasteiger partial charge in [0.2, 0.25) is 0 Å². The first-order valence-corrected chi connectivity index (χ1v) is 3.32. The minimum atomic E-state index is -0.462. The molecular weight excluding hydrogens is 142 g/mol. The molecule has 0 aliphatic rings. The van der Waals surface area contributed by atoms with Crippen molar-refractivity contribution in [2.75, 3.05) is 0 Å². The summed E-state index contributed by atoms with van der Waals surface area (Å²) in [4.78, 5) is 10.2. The molecule has 0 saturated heterocycles. The van der Waals surface area contributed by atoms with Crippen molar-refractivity contribution in [1.82, 2.24) is 0 Å². The standard InChI is InChI=1S/C8H7BFO/c1-9-7-3-2-6(5-11)8(10)4-7/h2-5H,1H3. The van der Waals surface area contributed by atoms with E-state index in [1.807, 2.05) is 6.82 Å². The molecule has 11 heavy (non-hydrogen) atoms. The highest BCUT2D eigenvalue weighted by Gasteiger charge is 2.00. The minimum absolute atomic E-state index is 0.107. The molecule has 0 aliphatic heterocycles. The van der Waals surface area contributed by atoms with Gasteiger partial charge in [-0.3, -0.25) is 4.79 Å². The second-order valence-corrected chi connectivity index (χ2v) is 2.19. The van der Waals surface area contributed by atoms with Gasteiger partial charge in [0.1, 0.15) is 13.1 Å². The zero-order valence-electron chi connectivity index (χ0n) is 6.17. The topological polar surface area (TPSA) is 17.1 Å². The van der Waals surface area contributed by atoms with Crippen molar-refractivity contribution in [3.63, 3.8) is 0 Å². The van der Waals surface area contributed by atoms with Crippen LogP contribution in [0.25, 0.3) is 0 Å². The molecule has 1 radical (unpaired) electrons. The Kier molecular flexibility index (Phi) is 2.42. The van der Waals surface area contributed by atoms with Gasteiger partial charge >= 0.3 is 0 Å². The first-order valence-electron chi connectivity index (χ1n) is 3.32. The molecule has 0 fully saturated rings. The Morgan fingerprint density at radius 1 is 1.55 bits per heavy atom. The maximum atomic E-state index is 12.8. The number of hydrogen-bond acceptors (Lipinski definition) is 1. The maximum Gasteiger partial charge on any atom is 0.152 e. The molecular formula is C8H7BFO. The normalized spacial score (nSPS) is 9.27. The first kappa shape index (κ1) is 7.99. The second kappa shape index (κ2) is 3.33. The van der Waals surface area contributed by atoms with Crippen LogP contribution in [0.3, 0.4) is 0 Å². The number of halogens is 1. The van der Waals surface area contributed by atoms with Gasteiger partial charge in [-0.2, -0.15) is 0 Å². The molecule has 0 atom stereocenters. The smallest absolute Gasteiger partial charge is 0.152 e. The zero-order chi connectivity index (χ0) is 8.27. The molecule has 1 nitrogen and oxygen atoms in total. The molecule has 0 heterocycles. The van der Waals surface area contributed by atoms with Crippen molar-refractivity contribution < 1.29 is 9.18 Å². The number of carbonyl (C=O) groups is 1. The fraction of sp³-hybridized carbons (Fsp3) is 0.125. The number of benzene rings is 1. The second-order valence-electron chi connectivity index (χ2n) is 2.19. The van der Waals surface area contributed by atoms with Crippen molar-refractivity contribution in [3.8, 4) is 0 Å². The summed E-state index contributed by atoms with van der Waals surface area (Å²) in [5.74, 6) is -0.462. The Morgan fingerprint density at radius 2 is 2.27 bits per heavy atom. The molecule has 0 unspecified atom stereocenters. The van der Waals surface area contributed by atoms with E-state index in [1.165, 1.54) is 12.1 Å². The van der Waals surface area contributed by atoms with Crippen molar-refractivity contribution in [3.05, 3.63) is 29.6 Å². The summed E-state index contributed by atoms with van der Waals surface area (Å²) in [6.07, 6.45) is 0.509. The fourth-order valence-corrected chi connectivity index (χ4v) is 0.819. The van der Waals surface area contributed by atoms with Crippen molar-refractivity contribution in [1.29, 1.82) is 0 Å². The maximum absolute atomic E-state index is 12.8. The van der Waals surface area contributed by atoms with Gasteiger partial charge < -0.3 is 0 Å². The van der Waals surface area contributed by atoms with E-state index in [4.69, 9.17) is 0 Å². The van der Waals surface area contributed by atoms with Gasteiger partial charge in [-0.25, -0.2) is 4.39 Å². The zero-order valence-corrected chi connectivity index (χ0v) is 6.17. The van der Waals surface area contributed by atoms with Crippen molar-refractivity contribution in [2.45, 2.75) is 6.82 Å². The fourth-order valence-electron chi connectivity index (χ4n) is 0.819. The minimum Gasteiger partial charge on any atom is -0.298 e. The van der Waals surface area contributed by atoms with E-state index in [-0.39, 0.29) is 5.56 Å². The van der Waals surface area contributed by atoms with Gasteiger partial charge in [-0.15, -0.1) is 0 Å². The molecule has 1 aromatic rings. The lowest BCUT2D eigenvalue weighted by atomic mass is 9.73. The molecule has 55 valence electrons. The Balaban J connectivity index is 3.09. The van der Waals surface area contributed by atoms with E-state index in [1.54, 1.807) is 13.3 Å². The van der Waals surface area contributed by atoms with Gasteiger partial charge in [-0.1, -0.05) is 18.4 Å². The molecule has 0 saturated carbocycles. The number of hydrogen-bond donors (Lipinski definition) is 0. The van der Waals surface area contributed by atoms with E-state index in [0.29, 0.717) is 6.29 Å². The van der Waals surface area contributed by atoms with Gasteiger partial charge in [0.25, 0.3) is 0 Å². The van der Waals surface area contributed by atoms with Crippen LogP contribution in [0.5, 0.6) is 0 Å². The third kappa shape index (κ3) is 1.67. The Labute approximate surface area is 65.5 Å². The van der Waals surface area contributed by atoms with Crippen molar-refractivity contribution >= 4 is 19.0 Å². The van der Waals surface area contributed by atoms with Gasteiger partial charge in [0.15, 0.2) is 6.29 Å². The molecule has 3 heteroatoms. The molecule has 0 N–H and O–H groups in total. The van der Waals surface area contributed by atoms with Crippen LogP contribution >= 0.6 is 0 Å². The highest BCUT2D eigenvalue weighted by atomic mass is 19.1. The van der Waals surface area contributed by atoms with Gasteiger partial charge in [0, 0.05) is 5.56 Å². The summed E-state index contributed by atoms with van der Waals surface area (Å²) in [7, 11) is 1.78. The largest absolute Gasteiger partial charge is 0.298 e. The van der Waals surface area contributed by atoms with Crippen molar-refractivity contribution in [2.24, 2.45) is 0 Å². The van der Waals surface area contributed by atoms with Crippen LogP contribution < -0.4 is 5.46 Å². The molecule has 0 amide bonds. The van der Waals surface area contributed by atoms with E-state index >= 15 is 0 Å². The quantitative estimate of drug-likeness (QED) is 0.453. The monoisotopic (exact) mass is 149 g/mol. The summed E-state index contributed by atoms with van der Waals surface area (Å²) < 4.78 is 12.8. The number of carbonyl (C=O) groups excluding carboxylic acids is 1. The molecule has 1 rings (SSSR count). The van der Waals surface area contributed by atoms with Gasteiger partial charge in [0.05, 0.1) is 0 Å². The summed E-state index contributed by atoms with van der Waals surface area (Å²) in [5, 5.41) is 0. The van der Waals surface area contributed by atoms with Crippen LogP contribution in [-0.4, -0.2) is 13.6 Å². The highest BCUT2D eigenvalue weighted by Crippen LogP contribution is 2.00. The first-order chi connectivity index (χ1) is 5.27. The average molecular weight is 149 g/mol.